The highest BCUT2D eigenvalue weighted by atomic mass is 32.2. The SMILES string of the molecule is CCCn1c(=NC(=O)c2ccc(S(=O)(=O)N3CCCCCC3)cc2)sc2ccc(OC)cc21. The number of fused-ring (bicyclic) bond motifs is 1. The van der Waals surface area contributed by atoms with Gasteiger partial charge in [-0.25, -0.2) is 8.42 Å². The van der Waals surface area contributed by atoms with Crippen LogP contribution in [-0.2, 0) is 16.6 Å². The van der Waals surface area contributed by atoms with Gasteiger partial charge in [0.25, 0.3) is 5.91 Å². The Kier molecular flexibility index (Phi) is 7.31. The molecule has 0 aliphatic carbocycles. The number of hydrogen-bond acceptors (Lipinski definition) is 5. The molecule has 33 heavy (non-hydrogen) atoms. The third kappa shape index (κ3) is 5.05. The van der Waals surface area contributed by atoms with E-state index in [9.17, 15) is 13.2 Å². The number of carbonyl (C=O) groups is 1. The molecular weight excluding hydrogens is 458 g/mol. The van der Waals surface area contributed by atoms with Crippen molar-refractivity contribution in [3.05, 3.63) is 52.8 Å². The van der Waals surface area contributed by atoms with Gasteiger partial charge in [-0.1, -0.05) is 31.1 Å². The Morgan fingerprint density at radius 1 is 1.06 bits per heavy atom. The van der Waals surface area contributed by atoms with Crippen molar-refractivity contribution < 1.29 is 17.9 Å². The minimum atomic E-state index is -3.55. The molecule has 176 valence electrons. The van der Waals surface area contributed by atoms with E-state index < -0.39 is 15.9 Å². The largest absolute Gasteiger partial charge is 0.497 e. The van der Waals surface area contributed by atoms with E-state index in [4.69, 9.17) is 4.74 Å². The van der Waals surface area contributed by atoms with E-state index in [2.05, 4.69) is 11.9 Å². The fourth-order valence-electron chi connectivity index (χ4n) is 4.05. The smallest absolute Gasteiger partial charge is 0.279 e. The number of ether oxygens (including phenoxy) is 1. The number of nitrogens with zero attached hydrogens (tertiary/aromatic N) is 3. The zero-order valence-electron chi connectivity index (χ0n) is 19.0. The molecule has 0 radical (unpaired) electrons. The summed E-state index contributed by atoms with van der Waals surface area (Å²) in [5.74, 6) is 0.362. The van der Waals surface area contributed by atoms with Crippen molar-refractivity contribution in [3.63, 3.8) is 0 Å². The van der Waals surface area contributed by atoms with E-state index in [1.165, 1.54) is 23.5 Å². The van der Waals surface area contributed by atoms with Gasteiger partial charge in [-0.2, -0.15) is 9.30 Å². The zero-order valence-corrected chi connectivity index (χ0v) is 20.6. The number of hydrogen-bond donors (Lipinski definition) is 0. The first-order valence-electron chi connectivity index (χ1n) is 11.3. The maximum absolute atomic E-state index is 13.0. The van der Waals surface area contributed by atoms with Gasteiger partial charge < -0.3 is 9.30 Å². The predicted molar refractivity (Wildman–Crippen MR) is 130 cm³/mol. The number of methoxy groups -OCH3 is 1. The predicted octanol–water partition coefficient (Wildman–Crippen LogP) is 4.43. The lowest BCUT2D eigenvalue weighted by molar-refractivity contribution is 0.0997. The summed E-state index contributed by atoms with van der Waals surface area (Å²) in [6.07, 6.45) is 4.78. The van der Waals surface area contributed by atoms with Crippen molar-refractivity contribution in [1.29, 1.82) is 0 Å². The van der Waals surface area contributed by atoms with E-state index in [-0.39, 0.29) is 4.90 Å². The highest BCUT2D eigenvalue weighted by Crippen LogP contribution is 2.24. The number of rotatable bonds is 6. The summed E-state index contributed by atoms with van der Waals surface area (Å²) in [4.78, 5) is 18.1. The first kappa shape index (κ1) is 23.7. The lowest BCUT2D eigenvalue weighted by atomic mass is 10.2. The van der Waals surface area contributed by atoms with E-state index in [0.717, 1.165) is 54.6 Å². The van der Waals surface area contributed by atoms with Gasteiger partial charge in [0.05, 0.1) is 22.2 Å². The minimum absolute atomic E-state index is 0.218. The Morgan fingerprint density at radius 3 is 2.39 bits per heavy atom. The number of sulfonamides is 1. The topological polar surface area (TPSA) is 81.0 Å². The van der Waals surface area contributed by atoms with Gasteiger partial charge in [0.1, 0.15) is 5.75 Å². The number of benzene rings is 2. The van der Waals surface area contributed by atoms with Crippen molar-refractivity contribution in [2.45, 2.75) is 50.5 Å². The van der Waals surface area contributed by atoms with E-state index >= 15 is 0 Å². The summed E-state index contributed by atoms with van der Waals surface area (Å²) >= 11 is 1.45. The molecule has 7 nitrogen and oxygen atoms in total. The maximum Gasteiger partial charge on any atom is 0.279 e. The van der Waals surface area contributed by atoms with Crippen molar-refractivity contribution in [2.75, 3.05) is 20.2 Å². The second-order valence-electron chi connectivity index (χ2n) is 8.13. The summed E-state index contributed by atoms with van der Waals surface area (Å²) in [5.41, 5.74) is 1.34. The molecular formula is C24H29N3O4S2. The van der Waals surface area contributed by atoms with Crippen LogP contribution in [0, 0.1) is 0 Å². The number of carbonyl (C=O) groups excluding carboxylic acids is 1. The normalized spacial score (nSPS) is 16.1. The summed E-state index contributed by atoms with van der Waals surface area (Å²) in [6, 6.07) is 11.9. The summed E-state index contributed by atoms with van der Waals surface area (Å²) < 4.78 is 35.9. The maximum atomic E-state index is 13.0. The molecule has 2 heterocycles. The fraction of sp³-hybridized carbons (Fsp3) is 0.417. The first-order chi connectivity index (χ1) is 15.9. The van der Waals surface area contributed by atoms with Crippen molar-refractivity contribution in [3.8, 4) is 5.75 Å². The fourth-order valence-corrected chi connectivity index (χ4v) is 6.60. The highest BCUT2D eigenvalue weighted by molar-refractivity contribution is 7.89. The van der Waals surface area contributed by atoms with Gasteiger partial charge in [-0.15, -0.1) is 0 Å². The summed E-state index contributed by atoms with van der Waals surface area (Å²) in [7, 11) is -1.92. The molecule has 0 spiro atoms. The summed E-state index contributed by atoms with van der Waals surface area (Å²) in [6.45, 7) is 3.90. The van der Waals surface area contributed by atoms with Gasteiger partial charge in [-0.3, -0.25) is 4.79 Å². The van der Waals surface area contributed by atoms with Crippen LogP contribution < -0.4 is 9.54 Å². The van der Waals surface area contributed by atoms with Gasteiger partial charge in [0, 0.05) is 31.3 Å². The van der Waals surface area contributed by atoms with Gasteiger partial charge in [0.15, 0.2) is 4.80 Å². The Hall–Kier alpha value is -2.49. The second kappa shape index (κ2) is 10.2. The molecule has 0 bridgehead atoms. The molecule has 0 N–H and O–H groups in total. The molecule has 9 heteroatoms. The lowest BCUT2D eigenvalue weighted by Crippen LogP contribution is -2.31. The average molecular weight is 488 g/mol. The quantitative estimate of drug-likeness (QED) is 0.515. The molecule has 1 aromatic heterocycles. The van der Waals surface area contributed by atoms with Crippen LogP contribution >= 0.6 is 11.3 Å². The highest BCUT2D eigenvalue weighted by Gasteiger charge is 2.25. The Labute approximate surface area is 198 Å². The van der Waals surface area contributed by atoms with Crippen LogP contribution in [0.5, 0.6) is 5.75 Å². The molecule has 1 aliphatic rings. The first-order valence-corrected chi connectivity index (χ1v) is 13.6. The Morgan fingerprint density at radius 2 is 1.76 bits per heavy atom. The molecule has 1 saturated heterocycles. The third-order valence-corrected chi connectivity index (χ3v) is 8.81. The van der Waals surface area contributed by atoms with Crippen LogP contribution in [0.2, 0.25) is 0 Å². The van der Waals surface area contributed by atoms with Crippen molar-refractivity contribution in [2.24, 2.45) is 4.99 Å². The number of aromatic nitrogens is 1. The second-order valence-corrected chi connectivity index (χ2v) is 11.1. The Balaban J connectivity index is 1.64. The number of thiazole rings is 1. The van der Waals surface area contributed by atoms with Gasteiger partial charge >= 0.3 is 0 Å². The van der Waals surface area contributed by atoms with Crippen molar-refractivity contribution in [1.82, 2.24) is 8.87 Å². The van der Waals surface area contributed by atoms with Crippen LogP contribution in [0.1, 0.15) is 49.4 Å². The summed E-state index contributed by atoms with van der Waals surface area (Å²) in [5, 5.41) is 0. The molecule has 0 atom stereocenters. The van der Waals surface area contributed by atoms with Crippen LogP contribution in [0.3, 0.4) is 0 Å². The average Bonchev–Trinajstić information content (AvgIpc) is 2.98. The van der Waals surface area contributed by atoms with Crippen molar-refractivity contribution >= 4 is 37.5 Å². The van der Waals surface area contributed by atoms with Gasteiger partial charge in [0.2, 0.25) is 10.0 Å². The minimum Gasteiger partial charge on any atom is -0.497 e. The molecule has 3 aromatic rings. The lowest BCUT2D eigenvalue weighted by Gasteiger charge is -2.19. The molecule has 1 amide bonds. The standard InChI is InChI=1S/C24H29N3O4S2/c1-3-14-27-21-17-19(31-2)10-13-22(21)32-24(27)25-23(28)18-8-11-20(12-9-18)33(29,30)26-15-6-4-5-7-16-26/h8-13,17H,3-7,14-16H2,1-2H3. The van der Waals surface area contributed by atoms with Crippen LogP contribution in [0.15, 0.2) is 52.4 Å². The van der Waals surface area contributed by atoms with E-state index in [1.807, 2.05) is 22.8 Å². The number of amides is 1. The molecule has 0 unspecified atom stereocenters. The van der Waals surface area contributed by atoms with E-state index in [0.29, 0.717) is 23.5 Å². The molecule has 0 saturated carbocycles. The third-order valence-electron chi connectivity index (χ3n) is 5.84. The van der Waals surface area contributed by atoms with Crippen LogP contribution in [-0.4, -0.2) is 43.4 Å². The van der Waals surface area contributed by atoms with Gasteiger partial charge in [-0.05, 0) is 55.7 Å². The molecule has 4 rings (SSSR count). The van der Waals surface area contributed by atoms with E-state index in [1.54, 1.807) is 23.5 Å². The van der Waals surface area contributed by atoms with Crippen LogP contribution in [0.4, 0.5) is 0 Å². The molecule has 2 aromatic carbocycles. The molecule has 1 aliphatic heterocycles. The van der Waals surface area contributed by atoms with Crippen LogP contribution in [0.25, 0.3) is 10.2 Å². The Bertz CT molecular complexity index is 1300. The molecule has 1 fully saturated rings. The monoisotopic (exact) mass is 487 g/mol. The zero-order chi connectivity index (χ0) is 23.4. The number of aryl methyl sites for hydroxylation is 1.